The van der Waals surface area contributed by atoms with Crippen molar-refractivity contribution >= 4 is 40.7 Å². The van der Waals surface area contributed by atoms with Gasteiger partial charge in [-0.2, -0.15) is 0 Å². The zero-order valence-electron chi connectivity index (χ0n) is 25.9. The molecule has 2 saturated heterocycles. The quantitative estimate of drug-likeness (QED) is 0.318. The molecule has 1 spiro atoms. The zero-order chi connectivity index (χ0) is 31.9. The molecule has 0 bridgehead atoms. The SMILES string of the molecule is CCOc1ccc(N2CC=C[C@@]3(C)O[C@]45C=CCN(c6c(C)cccc6Cl)C(=O)C4N(CCCCCO)C(=O)[C@@H]5[C@H]3C2=O)cc1. The van der Waals surface area contributed by atoms with Gasteiger partial charge in [-0.05, 0) is 75.9 Å². The highest BCUT2D eigenvalue weighted by Gasteiger charge is 2.74. The maximum Gasteiger partial charge on any atom is 0.253 e. The lowest BCUT2D eigenvalue weighted by Crippen LogP contribution is -2.56. The Kier molecular flexibility index (Phi) is 8.54. The summed E-state index contributed by atoms with van der Waals surface area (Å²) in [5.74, 6) is -1.88. The normalized spacial score (nSPS) is 29.0. The second-order valence-corrected chi connectivity index (χ2v) is 12.8. The minimum Gasteiger partial charge on any atom is -0.494 e. The van der Waals surface area contributed by atoms with Crippen molar-refractivity contribution in [1.29, 1.82) is 0 Å². The molecule has 1 N–H and O–H groups in total. The van der Waals surface area contributed by atoms with Crippen molar-refractivity contribution in [2.45, 2.75) is 57.3 Å². The van der Waals surface area contributed by atoms with E-state index in [1.165, 1.54) is 0 Å². The third kappa shape index (κ3) is 5.15. The first kappa shape index (κ1) is 31.3. The molecular weight excluding hydrogens is 594 g/mol. The number of amides is 3. The topological polar surface area (TPSA) is 99.6 Å². The summed E-state index contributed by atoms with van der Waals surface area (Å²) in [6.07, 6.45) is 9.38. The molecule has 0 radical (unpaired) electrons. The van der Waals surface area contributed by atoms with Crippen molar-refractivity contribution in [1.82, 2.24) is 4.90 Å². The predicted octanol–water partition coefficient (Wildman–Crippen LogP) is 4.69. The standard InChI is InChI=1S/C35H40ClN3O6/c1-4-44-25-15-13-24(14-16-25)37-20-9-17-34(3)27(31(37)41)28-32(42)39(19-6-5-7-22-40)30-33(43)38(21-10-18-35(28,30)45-34)29-23(2)11-8-12-26(29)36/h8-18,27-28,30,40H,4-7,19-22H2,1-3H3/t27-,28-,30?,34+,35-/m0/s1. The van der Waals surface area contributed by atoms with Crippen LogP contribution in [0, 0.1) is 18.8 Å². The van der Waals surface area contributed by atoms with Gasteiger partial charge in [0.2, 0.25) is 11.8 Å². The molecule has 6 rings (SSSR count). The largest absolute Gasteiger partial charge is 0.494 e. The van der Waals surface area contributed by atoms with E-state index in [1.54, 1.807) is 20.8 Å². The number of halogens is 1. The van der Waals surface area contributed by atoms with Crippen LogP contribution in [0.15, 0.2) is 66.8 Å². The van der Waals surface area contributed by atoms with Gasteiger partial charge in [0.25, 0.3) is 5.91 Å². The fourth-order valence-electron chi connectivity index (χ4n) is 7.62. The molecule has 2 fully saturated rings. The van der Waals surface area contributed by atoms with Gasteiger partial charge in [0.1, 0.15) is 17.4 Å². The van der Waals surface area contributed by atoms with Crippen LogP contribution in [0.25, 0.3) is 0 Å². The van der Waals surface area contributed by atoms with E-state index in [-0.39, 0.29) is 30.9 Å². The molecule has 10 heteroatoms. The van der Waals surface area contributed by atoms with Gasteiger partial charge in [-0.1, -0.05) is 48.0 Å². The second kappa shape index (κ2) is 12.3. The third-order valence-electron chi connectivity index (χ3n) is 9.53. The maximum absolute atomic E-state index is 14.7. The first-order valence-electron chi connectivity index (χ1n) is 15.7. The molecule has 238 valence electrons. The van der Waals surface area contributed by atoms with Crippen LogP contribution in [0.2, 0.25) is 5.02 Å². The first-order valence-corrected chi connectivity index (χ1v) is 16.1. The van der Waals surface area contributed by atoms with Crippen molar-refractivity contribution in [3.63, 3.8) is 0 Å². The Bertz CT molecular complexity index is 1520. The summed E-state index contributed by atoms with van der Waals surface area (Å²) in [6.45, 7) is 7.11. The molecule has 45 heavy (non-hydrogen) atoms. The summed E-state index contributed by atoms with van der Waals surface area (Å²) >= 11 is 6.66. The van der Waals surface area contributed by atoms with Crippen molar-refractivity contribution < 1.29 is 29.0 Å². The van der Waals surface area contributed by atoms with Gasteiger partial charge in [-0.15, -0.1) is 0 Å². The number of hydrogen-bond acceptors (Lipinski definition) is 6. The van der Waals surface area contributed by atoms with E-state index in [1.807, 2.05) is 81.5 Å². The summed E-state index contributed by atoms with van der Waals surface area (Å²) < 4.78 is 12.6. The van der Waals surface area contributed by atoms with Gasteiger partial charge in [-0.3, -0.25) is 14.4 Å². The van der Waals surface area contributed by atoms with Crippen LogP contribution in [0.5, 0.6) is 5.75 Å². The number of unbranched alkanes of at least 4 members (excludes halogenated alkanes) is 2. The number of benzene rings is 2. The van der Waals surface area contributed by atoms with Crippen molar-refractivity contribution in [3.05, 3.63) is 77.4 Å². The molecule has 1 unspecified atom stereocenters. The number of carbonyl (C=O) groups is 3. The Hall–Kier alpha value is -3.66. The number of hydrogen-bond donors (Lipinski definition) is 1. The predicted molar refractivity (Wildman–Crippen MR) is 172 cm³/mol. The van der Waals surface area contributed by atoms with E-state index < -0.39 is 29.1 Å². The van der Waals surface area contributed by atoms with E-state index in [4.69, 9.17) is 21.1 Å². The number of ether oxygens (including phenoxy) is 2. The number of carbonyl (C=O) groups excluding carboxylic acids is 3. The number of aliphatic hydroxyl groups is 1. The highest BCUT2D eigenvalue weighted by atomic mass is 35.5. The van der Waals surface area contributed by atoms with Crippen LogP contribution in [0.1, 0.15) is 38.7 Å². The number of likely N-dealkylation sites (tertiary alicyclic amines) is 1. The average molecular weight is 634 g/mol. The lowest BCUT2D eigenvalue weighted by atomic mass is 9.74. The molecule has 0 saturated carbocycles. The average Bonchev–Trinajstić information content (AvgIpc) is 3.28. The summed E-state index contributed by atoms with van der Waals surface area (Å²) in [6, 6.07) is 11.8. The fourth-order valence-corrected chi connectivity index (χ4v) is 7.94. The van der Waals surface area contributed by atoms with E-state index in [2.05, 4.69) is 0 Å². The number of aryl methyl sites for hydroxylation is 1. The Morgan fingerprint density at radius 2 is 1.67 bits per heavy atom. The van der Waals surface area contributed by atoms with E-state index in [9.17, 15) is 19.5 Å². The van der Waals surface area contributed by atoms with Gasteiger partial charge >= 0.3 is 0 Å². The summed E-state index contributed by atoms with van der Waals surface area (Å²) in [4.78, 5) is 48.9. The number of fused-ring (bicyclic) bond motifs is 2. The smallest absolute Gasteiger partial charge is 0.253 e. The minimum absolute atomic E-state index is 0.0525. The first-order chi connectivity index (χ1) is 21.7. The molecule has 4 heterocycles. The van der Waals surface area contributed by atoms with Crippen molar-refractivity contribution in [2.24, 2.45) is 11.8 Å². The van der Waals surface area contributed by atoms with Crippen LogP contribution in [0.4, 0.5) is 11.4 Å². The van der Waals surface area contributed by atoms with Gasteiger partial charge in [0, 0.05) is 31.9 Å². The number of rotatable bonds is 9. The molecule has 9 nitrogen and oxygen atoms in total. The monoisotopic (exact) mass is 633 g/mol. The number of anilines is 2. The van der Waals surface area contributed by atoms with Crippen LogP contribution < -0.4 is 14.5 Å². The number of nitrogens with zero attached hydrogens (tertiary/aromatic N) is 3. The molecule has 5 atom stereocenters. The van der Waals surface area contributed by atoms with Crippen LogP contribution in [-0.2, 0) is 19.1 Å². The molecule has 3 amide bonds. The minimum atomic E-state index is -1.36. The molecule has 0 aromatic heterocycles. The second-order valence-electron chi connectivity index (χ2n) is 12.3. The Morgan fingerprint density at radius 1 is 0.933 bits per heavy atom. The highest BCUT2D eigenvalue weighted by Crippen LogP contribution is 2.58. The lowest BCUT2D eigenvalue weighted by molar-refractivity contribution is -0.144. The van der Waals surface area contributed by atoms with Crippen LogP contribution >= 0.6 is 11.6 Å². The molecule has 0 aliphatic carbocycles. The summed E-state index contributed by atoms with van der Waals surface area (Å²) in [5.41, 5.74) is -0.370. The maximum atomic E-state index is 14.7. The molecule has 4 aliphatic rings. The van der Waals surface area contributed by atoms with Gasteiger partial charge in [-0.25, -0.2) is 0 Å². The van der Waals surface area contributed by atoms with Gasteiger partial charge < -0.3 is 29.3 Å². The zero-order valence-corrected chi connectivity index (χ0v) is 26.7. The highest BCUT2D eigenvalue weighted by molar-refractivity contribution is 6.34. The Morgan fingerprint density at radius 3 is 2.38 bits per heavy atom. The third-order valence-corrected chi connectivity index (χ3v) is 9.84. The van der Waals surface area contributed by atoms with Crippen LogP contribution in [0.3, 0.4) is 0 Å². The van der Waals surface area contributed by atoms with Crippen molar-refractivity contribution in [2.75, 3.05) is 42.6 Å². The van der Waals surface area contributed by atoms with Crippen molar-refractivity contribution in [3.8, 4) is 5.75 Å². The van der Waals surface area contributed by atoms with E-state index >= 15 is 0 Å². The van der Waals surface area contributed by atoms with E-state index in [0.29, 0.717) is 61.1 Å². The van der Waals surface area contributed by atoms with E-state index in [0.717, 1.165) is 5.56 Å². The number of aliphatic hydroxyl groups excluding tert-OH is 1. The molecule has 4 aliphatic heterocycles. The Labute approximate surface area is 269 Å². The fraction of sp³-hybridized carbons (Fsp3) is 0.457. The van der Waals surface area contributed by atoms with Crippen LogP contribution in [-0.4, -0.2) is 77.8 Å². The molecule has 2 aromatic carbocycles. The Balaban J connectivity index is 1.43. The molecular formula is C35H40ClN3O6. The lowest BCUT2D eigenvalue weighted by Gasteiger charge is -2.37. The summed E-state index contributed by atoms with van der Waals surface area (Å²) in [7, 11) is 0. The van der Waals surface area contributed by atoms with Gasteiger partial charge in [0.15, 0.2) is 0 Å². The van der Waals surface area contributed by atoms with Gasteiger partial charge in [0.05, 0.1) is 34.8 Å². The summed E-state index contributed by atoms with van der Waals surface area (Å²) in [5, 5.41) is 9.80. The molecule has 2 aromatic rings. The number of para-hydroxylation sites is 1.